The SMILES string of the molecule is CCC1=CC[C@@H](C)[C@@H](OC2[C@@H](N)C[C@@H](N)[C@H](O[C@H]3OC[C@](C)(O)[C@H](NC)[C@H]3O)[C@H]2O)O1. The van der Waals surface area contributed by atoms with E-state index in [1.807, 2.05) is 13.8 Å². The van der Waals surface area contributed by atoms with Gasteiger partial charge in [0.1, 0.15) is 30.0 Å². The van der Waals surface area contributed by atoms with Crippen molar-refractivity contribution in [2.75, 3.05) is 13.7 Å². The molecule has 1 saturated carbocycles. The molecule has 2 fully saturated rings. The van der Waals surface area contributed by atoms with Crippen molar-refractivity contribution in [1.29, 1.82) is 0 Å². The number of nitrogens with one attached hydrogen (secondary N) is 1. The average molecular weight is 446 g/mol. The minimum Gasteiger partial charge on any atom is -0.469 e. The number of aliphatic hydroxyl groups is 3. The standard InChI is InChI=1S/C21H39N3O7/c1-5-11-7-6-10(2)19(29-11)30-16-12(22)8-13(23)17(14(16)25)31-20-15(26)18(24-4)21(3,27)9-28-20/h7,10,12-20,24-27H,5-6,8-9,22-23H2,1-4H3/t10-,12+,13-,14+,15-,16?,17+,18-,19-,20-,21+/m1/s1. The first-order valence-corrected chi connectivity index (χ1v) is 11.1. The molecule has 3 rings (SSSR count). The van der Waals surface area contributed by atoms with E-state index in [-0.39, 0.29) is 12.5 Å². The molecule has 0 spiro atoms. The van der Waals surface area contributed by atoms with Gasteiger partial charge in [0.2, 0.25) is 6.29 Å². The molecule has 31 heavy (non-hydrogen) atoms. The Morgan fingerprint density at radius 2 is 1.77 bits per heavy atom. The van der Waals surface area contributed by atoms with Crippen LogP contribution in [0.2, 0.25) is 0 Å². The predicted octanol–water partition coefficient (Wildman–Crippen LogP) is -1.09. The Labute approximate surface area is 183 Å². The van der Waals surface area contributed by atoms with Crippen LogP contribution >= 0.6 is 0 Å². The molecule has 1 aliphatic carbocycles. The molecule has 180 valence electrons. The van der Waals surface area contributed by atoms with Crippen LogP contribution in [0.3, 0.4) is 0 Å². The summed E-state index contributed by atoms with van der Waals surface area (Å²) in [4.78, 5) is 0. The van der Waals surface area contributed by atoms with Gasteiger partial charge in [-0.15, -0.1) is 0 Å². The number of hydrogen-bond acceptors (Lipinski definition) is 10. The van der Waals surface area contributed by atoms with Gasteiger partial charge >= 0.3 is 0 Å². The lowest BCUT2D eigenvalue weighted by atomic mass is 9.84. The highest BCUT2D eigenvalue weighted by Crippen LogP contribution is 2.32. The summed E-state index contributed by atoms with van der Waals surface area (Å²) in [5.41, 5.74) is 11.3. The van der Waals surface area contributed by atoms with E-state index in [0.29, 0.717) is 6.42 Å². The summed E-state index contributed by atoms with van der Waals surface area (Å²) in [7, 11) is 1.64. The summed E-state index contributed by atoms with van der Waals surface area (Å²) in [6.07, 6.45) is -1.53. The molecule has 10 heteroatoms. The Morgan fingerprint density at radius 1 is 1.16 bits per heavy atom. The molecule has 1 unspecified atom stereocenters. The minimum atomic E-state index is -1.27. The van der Waals surface area contributed by atoms with Gasteiger partial charge in [-0.2, -0.15) is 0 Å². The monoisotopic (exact) mass is 445 g/mol. The van der Waals surface area contributed by atoms with Crippen LogP contribution in [0.25, 0.3) is 0 Å². The first kappa shape index (κ1) is 24.8. The number of nitrogens with two attached hydrogens (primary N) is 2. The molecule has 1 saturated heterocycles. The van der Waals surface area contributed by atoms with Crippen LogP contribution in [-0.4, -0.2) is 89.7 Å². The van der Waals surface area contributed by atoms with E-state index >= 15 is 0 Å². The van der Waals surface area contributed by atoms with Gasteiger partial charge in [-0.1, -0.05) is 13.8 Å². The summed E-state index contributed by atoms with van der Waals surface area (Å²) < 4.78 is 23.6. The number of hydrogen-bond donors (Lipinski definition) is 6. The molecule has 3 aliphatic rings. The van der Waals surface area contributed by atoms with Gasteiger partial charge in [0.05, 0.1) is 18.4 Å². The van der Waals surface area contributed by atoms with Crippen LogP contribution in [0, 0.1) is 5.92 Å². The molecule has 0 aromatic heterocycles. The average Bonchev–Trinajstić information content (AvgIpc) is 2.71. The zero-order valence-electron chi connectivity index (χ0n) is 18.8. The third-order valence-electron chi connectivity index (χ3n) is 6.58. The van der Waals surface area contributed by atoms with Crippen molar-refractivity contribution >= 4 is 0 Å². The molecule has 0 aromatic carbocycles. The summed E-state index contributed by atoms with van der Waals surface area (Å²) in [6.45, 7) is 5.55. The first-order chi connectivity index (χ1) is 14.6. The fraction of sp³-hybridized carbons (Fsp3) is 0.905. The minimum absolute atomic E-state index is 0.0444. The maximum absolute atomic E-state index is 11.1. The molecule has 8 N–H and O–H groups in total. The van der Waals surface area contributed by atoms with Crippen LogP contribution in [0.1, 0.15) is 40.0 Å². The van der Waals surface area contributed by atoms with Gasteiger partial charge < -0.3 is 51.1 Å². The van der Waals surface area contributed by atoms with Crippen LogP contribution in [0.5, 0.6) is 0 Å². The van der Waals surface area contributed by atoms with Crippen LogP contribution in [0.4, 0.5) is 0 Å². The maximum atomic E-state index is 11.1. The Morgan fingerprint density at radius 3 is 2.35 bits per heavy atom. The van der Waals surface area contributed by atoms with E-state index in [9.17, 15) is 15.3 Å². The first-order valence-electron chi connectivity index (χ1n) is 11.1. The van der Waals surface area contributed by atoms with E-state index in [2.05, 4.69) is 11.4 Å². The number of aliphatic hydroxyl groups excluding tert-OH is 2. The highest BCUT2D eigenvalue weighted by Gasteiger charge is 2.50. The smallest absolute Gasteiger partial charge is 0.202 e. The molecule has 0 aromatic rings. The summed E-state index contributed by atoms with van der Waals surface area (Å²) >= 11 is 0. The molecule has 10 nitrogen and oxygen atoms in total. The van der Waals surface area contributed by atoms with Gasteiger partial charge in [-0.3, -0.25) is 0 Å². The second-order valence-corrected chi connectivity index (χ2v) is 9.27. The second kappa shape index (κ2) is 9.98. The normalized spacial score (nSPS) is 48.7. The topological polar surface area (TPSA) is 162 Å². The molecule has 2 heterocycles. The van der Waals surface area contributed by atoms with Gasteiger partial charge in [0, 0.05) is 24.4 Å². The summed E-state index contributed by atoms with van der Waals surface area (Å²) in [5.74, 6) is 0.960. The van der Waals surface area contributed by atoms with Crippen molar-refractivity contribution in [3.63, 3.8) is 0 Å². The Bertz CT molecular complexity index is 634. The lowest BCUT2D eigenvalue weighted by Gasteiger charge is -2.48. The molecule has 0 bridgehead atoms. The van der Waals surface area contributed by atoms with E-state index < -0.39 is 60.7 Å². The second-order valence-electron chi connectivity index (χ2n) is 9.27. The lowest BCUT2D eigenvalue weighted by Crippen LogP contribution is -2.68. The van der Waals surface area contributed by atoms with Crippen LogP contribution in [0.15, 0.2) is 11.8 Å². The molecular weight excluding hydrogens is 406 g/mol. The fourth-order valence-corrected chi connectivity index (χ4v) is 4.65. The molecule has 0 amide bonds. The Balaban J connectivity index is 1.69. The fourth-order valence-electron chi connectivity index (χ4n) is 4.65. The van der Waals surface area contributed by atoms with Crippen molar-refractivity contribution in [2.24, 2.45) is 17.4 Å². The van der Waals surface area contributed by atoms with Crippen molar-refractivity contribution in [1.82, 2.24) is 5.32 Å². The summed E-state index contributed by atoms with van der Waals surface area (Å²) in [5, 5.41) is 35.1. The molecule has 2 aliphatic heterocycles. The van der Waals surface area contributed by atoms with Gasteiger partial charge in [0.25, 0.3) is 0 Å². The van der Waals surface area contributed by atoms with Crippen molar-refractivity contribution in [3.05, 3.63) is 11.8 Å². The van der Waals surface area contributed by atoms with Crippen LogP contribution < -0.4 is 16.8 Å². The largest absolute Gasteiger partial charge is 0.469 e. The molecule has 11 atom stereocenters. The maximum Gasteiger partial charge on any atom is 0.202 e. The molecular formula is C21H39N3O7. The zero-order chi connectivity index (χ0) is 22.9. The summed E-state index contributed by atoms with van der Waals surface area (Å²) in [6, 6.07) is -1.75. The van der Waals surface area contributed by atoms with Gasteiger partial charge in [-0.25, -0.2) is 0 Å². The Kier molecular flexibility index (Phi) is 7.99. The highest BCUT2D eigenvalue weighted by atomic mass is 16.7. The number of rotatable bonds is 6. The van der Waals surface area contributed by atoms with Gasteiger partial charge in [-0.05, 0) is 32.9 Å². The van der Waals surface area contributed by atoms with E-state index in [1.165, 1.54) is 0 Å². The lowest BCUT2D eigenvalue weighted by molar-refractivity contribution is -0.304. The zero-order valence-corrected chi connectivity index (χ0v) is 18.8. The van der Waals surface area contributed by atoms with E-state index in [0.717, 1.165) is 18.6 Å². The number of allylic oxidation sites excluding steroid dienone is 2. The predicted molar refractivity (Wildman–Crippen MR) is 113 cm³/mol. The number of likely N-dealkylation sites (N-methyl/N-ethyl adjacent to an activating group) is 1. The molecule has 0 radical (unpaired) electrons. The van der Waals surface area contributed by atoms with Crippen molar-refractivity contribution in [2.45, 2.75) is 101 Å². The number of ether oxygens (including phenoxy) is 4. The van der Waals surface area contributed by atoms with Crippen molar-refractivity contribution in [3.8, 4) is 0 Å². The third-order valence-corrected chi connectivity index (χ3v) is 6.58. The Hall–Kier alpha value is -0.820. The van der Waals surface area contributed by atoms with Crippen LogP contribution in [-0.2, 0) is 18.9 Å². The van der Waals surface area contributed by atoms with Crippen molar-refractivity contribution < 1.29 is 34.3 Å². The van der Waals surface area contributed by atoms with Gasteiger partial charge in [0.15, 0.2) is 6.29 Å². The van der Waals surface area contributed by atoms with E-state index in [1.54, 1.807) is 14.0 Å². The van der Waals surface area contributed by atoms with E-state index in [4.69, 9.17) is 30.4 Å². The highest BCUT2D eigenvalue weighted by molar-refractivity contribution is 5.03. The third kappa shape index (κ3) is 5.23. The quantitative estimate of drug-likeness (QED) is 0.296.